The number of ether oxygens (including phenoxy) is 1. The molecule has 0 saturated heterocycles. The average Bonchev–Trinajstić information content (AvgIpc) is 2.45. The van der Waals surface area contributed by atoms with Crippen molar-refractivity contribution < 1.29 is 14.3 Å². The monoisotopic (exact) mass is 338 g/mol. The van der Waals surface area contributed by atoms with Crippen LogP contribution in [0.25, 0.3) is 0 Å². The second-order valence-electron chi connectivity index (χ2n) is 4.32. The highest BCUT2D eigenvalue weighted by Crippen LogP contribution is 2.29. The molecular formula is C14H15BrN2O3. The van der Waals surface area contributed by atoms with Crippen LogP contribution in [0.5, 0.6) is 0 Å². The number of carbonyl (C=O) groups excluding carboxylic acids is 2. The minimum absolute atomic E-state index is 0.320. The summed E-state index contributed by atoms with van der Waals surface area (Å²) in [4.78, 5) is 23.8. The van der Waals surface area contributed by atoms with E-state index in [1.54, 1.807) is 0 Å². The molecule has 20 heavy (non-hydrogen) atoms. The molecule has 6 heteroatoms. The molecule has 1 aromatic carbocycles. The molecule has 106 valence electrons. The van der Waals surface area contributed by atoms with Crippen LogP contribution in [0.3, 0.4) is 0 Å². The van der Waals surface area contributed by atoms with Crippen LogP contribution in [0.15, 0.2) is 40.0 Å². The molecule has 0 aromatic heterocycles. The Morgan fingerprint density at radius 2 is 2.20 bits per heavy atom. The number of nitrogens with one attached hydrogen (secondary N) is 2. The molecule has 0 spiro atoms. The van der Waals surface area contributed by atoms with E-state index in [2.05, 4.69) is 26.6 Å². The Balaban J connectivity index is 2.53. The number of methoxy groups -OCH3 is 1. The summed E-state index contributed by atoms with van der Waals surface area (Å²) in [5, 5.41) is 5.42. The molecule has 2 N–H and O–H groups in total. The Labute approximate surface area is 125 Å². The van der Waals surface area contributed by atoms with Crippen LogP contribution < -0.4 is 10.6 Å². The van der Waals surface area contributed by atoms with Gasteiger partial charge in [0.1, 0.15) is 0 Å². The van der Waals surface area contributed by atoms with Crippen LogP contribution in [0.4, 0.5) is 4.79 Å². The van der Waals surface area contributed by atoms with Gasteiger partial charge in [0.2, 0.25) is 0 Å². The van der Waals surface area contributed by atoms with E-state index in [0.717, 1.165) is 10.0 Å². The lowest BCUT2D eigenvalue weighted by atomic mass is 9.94. The number of hydrogen-bond donors (Lipinski definition) is 2. The number of hydrogen-bond acceptors (Lipinski definition) is 3. The van der Waals surface area contributed by atoms with Crippen molar-refractivity contribution in [1.82, 2.24) is 10.6 Å². The highest BCUT2D eigenvalue weighted by Gasteiger charge is 2.32. The fraction of sp³-hybridized carbons (Fsp3) is 0.286. The van der Waals surface area contributed by atoms with E-state index in [9.17, 15) is 9.59 Å². The van der Waals surface area contributed by atoms with Crippen molar-refractivity contribution in [1.29, 1.82) is 0 Å². The molecule has 5 nitrogen and oxygen atoms in total. The predicted molar refractivity (Wildman–Crippen MR) is 77.9 cm³/mol. The summed E-state index contributed by atoms with van der Waals surface area (Å²) in [6.45, 7) is 1.88. The molecule has 0 bridgehead atoms. The third kappa shape index (κ3) is 2.85. The van der Waals surface area contributed by atoms with E-state index in [4.69, 9.17) is 4.74 Å². The highest BCUT2D eigenvalue weighted by atomic mass is 79.9. The maximum Gasteiger partial charge on any atom is 0.337 e. The minimum atomic E-state index is -0.511. The summed E-state index contributed by atoms with van der Waals surface area (Å²) in [7, 11) is 1.33. The van der Waals surface area contributed by atoms with Gasteiger partial charge < -0.3 is 15.4 Å². The first-order chi connectivity index (χ1) is 9.56. The summed E-state index contributed by atoms with van der Waals surface area (Å²) in [5.74, 6) is -0.445. The third-order valence-corrected chi connectivity index (χ3v) is 3.59. The Morgan fingerprint density at radius 3 is 2.80 bits per heavy atom. The molecule has 0 fully saturated rings. The van der Waals surface area contributed by atoms with Crippen molar-refractivity contribution in [3.63, 3.8) is 0 Å². The molecule has 0 saturated carbocycles. The van der Waals surface area contributed by atoms with Gasteiger partial charge in [-0.1, -0.05) is 35.0 Å². The first-order valence-corrected chi connectivity index (χ1v) is 7.00. The van der Waals surface area contributed by atoms with E-state index in [1.807, 2.05) is 31.2 Å². The van der Waals surface area contributed by atoms with Crippen LogP contribution in [0, 0.1) is 0 Å². The molecule has 2 amide bonds. The van der Waals surface area contributed by atoms with E-state index in [0.29, 0.717) is 17.7 Å². The zero-order valence-electron chi connectivity index (χ0n) is 11.2. The zero-order chi connectivity index (χ0) is 14.7. The van der Waals surface area contributed by atoms with Gasteiger partial charge in [-0.05, 0) is 24.1 Å². The number of benzene rings is 1. The average molecular weight is 339 g/mol. The molecular weight excluding hydrogens is 324 g/mol. The maximum atomic E-state index is 12.0. The number of halogens is 1. The lowest BCUT2D eigenvalue weighted by Crippen LogP contribution is -2.45. The molecule has 0 aliphatic carbocycles. The number of esters is 1. The normalized spacial score (nSPS) is 18.4. The van der Waals surface area contributed by atoms with E-state index >= 15 is 0 Å². The van der Waals surface area contributed by atoms with Crippen molar-refractivity contribution in [2.45, 2.75) is 19.4 Å². The number of urea groups is 1. The maximum absolute atomic E-state index is 12.0. The summed E-state index contributed by atoms with van der Waals surface area (Å²) in [6.07, 6.45) is 0.544. The van der Waals surface area contributed by atoms with E-state index in [-0.39, 0.29) is 6.03 Å². The number of carbonyl (C=O) groups is 2. The molecule has 1 heterocycles. The van der Waals surface area contributed by atoms with Crippen molar-refractivity contribution in [3.8, 4) is 0 Å². The fourth-order valence-corrected chi connectivity index (χ4v) is 2.60. The van der Waals surface area contributed by atoms with Crippen LogP contribution in [0.2, 0.25) is 0 Å². The smallest absolute Gasteiger partial charge is 0.337 e. The van der Waals surface area contributed by atoms with Gasteiger partial charge in [0, 0.05) is 10.2 Å². The summed E-state index contributed by atoms with van der Waals surface area (Å²) in [6, 6.07) is 6.63. The second kappa shape index (κ2) is 6.09. The Morgan fingerprint density at radius 1 is 1.45 bits per heavy atom. The number of allylic oxidation sites excluding steroid dienone is 1. The Bertz CT molecular complexity index is 584. The summed E-state index contributed by atoms with van der Waals surface area (Å²) >= 11 is 3.39. The quantitative estimate of drug-likeness (QED) is 0.832. The van der Waals surface area contributed by atoms with Gasteiger partial charge in [-0.3, -0.25) is 0 Å². The summed E-state index contributed by atoms with van der Waals surface area (Å²) in [5.41, 5.74) is 1.85. The molecule has 2 rings (SSSR count). The molecule has 1 aliphatic rings. The van der Waals surface area contributed by atoms with Gasteiger partial charge in [0.15, 0.2) is 0 Å². The van der Waals surface area contributed by atoms with Crippen LogP contribution in [0.1, 0.15) is 24.9 Å². The van der Waals surface area contributed by atoms with Crippen molar-refractivity contribution in [2.24, 2.45) is 0 Å². The van der Waals surface area contributed by atoms with Gasteiger partial charge in [-0.2, -0.15) is 0 Å². The molecule has 1 atom stereocenters. The van der Waals surface area contributed by atoms with Gasteiger partial charge in [0.05, 0.1) is 18.7 Å². The van der Waals surface area contributed by atoms with Gasteiger partial charge in [-0.15, -0.1) is 0 Å². The standard InChI is InChI=1S/C14H15BrN2O3/c1-3-10-11(13(18)20-2)12(17-14(19)16-10)8-5-4-6-9(15)7-8/h4-7,12H,3H2,1-2H3,(H2,16,17,19). The Kier molecular flexibility index (Phi) is 4.44. The molecule has 1 unspecified atom stereocenters. The lowest BCUT2D eigenvalue weighted by Gasteiger charge is -2.28. The van der Waals surface area contributed by atoms with Gasteiger partial charge in [0.25, 0.3) is 0 Å². The lowest BCUT2D eigenvalue weighted by molar-refractivity contribution is -0.136. The first-order valence-electron chi connectivity index (χ1n) is 6.21. The van der Waals surface area contributed by atoms with Crippen LogP contribution in [-0.4, -0.2) is 19.1 Å². The zero-order valence-corrected chi connectivity index (χ0v) is 12.8. The van der Waals surface area contributed by atoms with Crippen molar-refractivity contribution in [2.75, 3.05) is 7.11 Å². The molecule has 1 aliphatic heterocycles. The van der Waals surface area contributed by atoms with Crippen molar-refractivity contribution >= 4 is 27.9 Å². The second-order valence-corrected chi connectivity index (χ2v) is 5.24. The highest BCUT2D eigenvalue weighted by molar-refractivity contribution is 9.10. The first kappa shape index (κ1) is 14.6. The van der Waals surface area contributed by atoms with E-state index < -0.39 is 12.0 Å². The SMILES string of the molecule is CCC1=C(C(=O)OC)C(c2cccc(Br)c2)NC(=O)N1. The van der Waals surface area contributed by atoms with Gasteiger partial charge in [-0.25, -0.2) is 9.59 Å². The number of rotatable bonds is 3. The number of amides is 2. The summed E-state index contributed by atoms with van der Waals surface area (Å²) < 4.78 is 5.72. The molecule has 0 radical (unpaired) electrons. The largest absolute Gasteiger partial charge is 0.466 e. The molecule has 1 aromatic rings. The predicted octanol–water partition coefficient (Wildman–Crippen LogP) is 2.64. The van der Waals surface area contributed by atoms with Crippen molar-refractivity contribution in [3.05, 3.63) is 45.6 Å². The van der Waals surface area contributed by atoms with Crippen LogP contribution in [-0.2, 0) is 9.53 Å². The van der Waals surface area contributed by atoms with Gasteiger partial charge >= 0.3 is 12.0 Å². The minimum Gasteiger partial charge on any atom is -0.466 e. The topological polar surface area (TPSA) is 67.4 Å². The Hall–Kier alpha value is -1.82. The van der Waals surface area contributed by atoms with Crippen LogP contribution >= 0.6 is 15.9 Å². The van der Waals surface area contributed by atoms with E-state index in [1.165, 1.54) is 7.11 Å². The fourth-order valence-electron chi connectivity index (χ4n) is 2.18. The third-order valence-electron chi connectivity index (χ3n) is 3.09.